The number of amides is 2. The Morgan fingerprint density at radius 3 is 2.04 bits per heavy atom. The number of hydrogen-bond donors (Lipinski definition) is 1. The molecular formula is C39H48ClN3O4S. The van der Waals surface area contributed by atoms with Crippen LogP contribution >= 0.6 is 11.6 Å². The second-order valence-corrected chi connectivity index (χ2v) is 17.0. The third-order valence-corrected chi connectivity index (χ3v) is 12.6. The summed E-state index contributed by atoms with van der Waals surface area (Å²) in [6, 6.07) is 23.7. The van der Waals surface area contributed by atoms with Crippen molar-refractivity contribution < 1.29 is 18.0 Å². The van der Waals surface area contributed by atoms with E-state index in [4.69, 9.17) is 11.6 Å². The molecule has 0 aliphatic heterocycles. The van der Waals surface area contributed by atoms with Crippen LogP contribution in [-0.4, -0.2) is 50.0 Å². The summed E-state index contributed by atoms with van der Waals surface area (Å²) in [6.07, 6.45) is 9.82. The molecule has 4 bridgehead atoms. The van der Waals surface area contributed by atoms with Crippen LogP contribution in [0.2, 0.25) is 5.02 Å². The second kappa shape index (κ2) is 14.2. The highest BCUT2D eigenvalue weighted by atomic mass is 35.5. The van der Waals surface area contributed by atoms with E-state index in [-0.39, 0.29) is 30.3 Å². The molecule has 2 atom stereocenters. The van der Waals surface area contributed by atoms with Gasteiger partial charge in [0.25, 0.3) is 0 Å². The van der Waals surface area contributed by atoms with Crippen LogP contribution in [0, 0.1) is 17.8 Å². The maximum atomic E-state index is 14.5. The van der Waals surface area contributed by atoms with Gasteiger partial charge in [-0.3, -0.25) is 13.9 Å². The van der Waals surface area contributed by atoms with E-state index in [1.807, 2.05) is 74.5 Å². The van der Waals surface area contributed by atoms with E-state index in [2.05, 4.69) is 17.4 Å². The van der Waals surface area contributed by atoms with E-state index in [1.54, 1.807) is 6.07 Å². The molecule has 0 heterocycles. The van der Waals surface area contributed by atoms with Crippen molar-refractivity contribution in [3.8, 4) is 0 Å². The zero-order valence-electron chi connectivity index (χ0n) is 28.3. The predicted octanol–water partition coefficient (Wildman–Crippen LogP) is 7.13. The Labute approximate surface area is 291 Å². The Balaban J connectivity index is 1.31. The minimum absolute atomic E-state index is 0.0481. The number of halogens is 1. The SMILES string of the molecule is CCC(C)NC(=O)C(Cc1ccccc1)N(Cc1ccccc1Cl)C(=O)CN(c1ccc(C23CC4CC(CC(C4)C2)C3)cc1)S(C)(=O)=O. The lowest BCUT2D eigenvalue weighted by atomic mass is 9.48. The van der Waals surface area contributed by atoms with E-state index in [1.165, 1.54) is 53.3 Å². The summed E-state index contributed by atoms with van der Waals surface area (Å²) < 4.78 is 27.9. The van der Waals surface area contributed by atoms with Gasteiger partial charge in [0.2, 0.25) is 21.8 Å². The number of hydrogen-bond acceptors (Lipinski definition) is 4. The summed E-state index contributed by atoms with van der Waals surface area (Å²) >= 11 is 6.58. The highest BCUT2D eigenvalue weighted by molar-refractivity contribution is 7.92. The van der Waals surface area contributed by atoms with Gasteiger partial charge < -0.3 is 10.2 Å². The molecule has 256 valence electrons. The molecule has 1 N–H and O–H groups in total. The summed E-state index contributed by atoms with van der Waals surface area (Å²) in [7, 11) is -3.85. The first-order chi connectivity index (χ1) is 22.9. The van der Waals surface area contributed by atoms with Crippen LogP contribution in [0.25, 0.3) is 0 Å². The van der Waals surface area contributed by atoms with Crippen LogP contribution < -0.4 is 9.62 Å². The maximum Gasteiger partial charge on any atom is 0.244 e. The van der Waals surface area contributed by atoms with Gasteiger partial charge in [-0.2, -0.15) is 0 Å². The molecule has 3 aromatic carbocycles. The molecule has 0 saturated heterocycles. The molecule has 4 fully saturated rings. The van der Waals surface area contributed by atoms with Crippen LogP contribution in [0.15, 0.2) is 78.9 Å². The first-order valence-corrected chi connectivity index (χ1v) is 19.6. The fourth-order valence-electron chi connectivity index (χ4n) is 8.86. The Morgan fingerprint density at radius 1 is 0.896 bits per heavy atom. The highest BCUT2D eigenvalue weighted by Crippen LogP contribution is 2.60. The number of nitrogens with one attached hydrogen (secondary N) is 1. The molecule has 3 aromatic rings. The Kier molecular flexibility index (Phi) is 10.2. The van der Waals surface area contributed by atoms with Gasteiger partial charge in [-0.25, -0.2) is 8.42 Å². The molecule has 9 heteroatoms. The molecule has 2 amide bonds. The number of carbonyl (C=O) groups excluding carboxylic acids is 2. The Hall–Kier alpha value is -3.36. The molecule has 0 radical (unpaired) electrons. The van der Waals surface area contributed by atoms with Crippen molar-refractivity contribution in [3.05, 3.63) is 101 Å². The lowest BCUT2D eigenvalue weighted by Crippen LogP contribution is -2.54. The van der Waals surface area contributed by atoms with E-state index < -0.39 is 28.5 Å². The fraction of sp³-hybridized carbons (Fsp3) is 0.487. The summed E-state index contributed by atoms with van der Waals surface area (Å²) in [6.45, 7) is 3.52. The molecule has 4 saturated carbocycles. The quantitative estimate of drug-likeness (QED) is 0.207. The zero-order chi connectivity index (χ0) is 34.1. The van der Waals surface area contributed by atoms with Crippen LogP contribution in [0.1, 0.15) is 75.5 Å². The van der Waals surface area contributed by atoms with Gasteiger partial charge in [0.1, 0.15) is 12.6 Å². The van der Waals surface area contributed by atoms with E-state index in [0.29, 0.717) is 16.3 Å². The van der Waals surface area contributed by atoms with Crippen molar-refractivity contribution in [2.24, 2.45) is 17.8 Å². The van der Waals surface area contributed by atoms with Gasteiger partial charge in [0.05, 0.1) is 11.9 Å². The van der Waals surface area contributed by atoms with Gasteiger partial charge in [-0.15, -0.1) is 0 Å². The summed E-state index contributed by atoms with van der Waals surface area (Å²) in [5.41, 5.74) is 3.47. The molecule has 0 spiro atoms. The van der Waals surface area contributed by atoms with Crippen LogP contribution in [0.5, 0.6) is 0 Å². The maximum absolute atomic E-state index is 14.5. The van der Waals surface area contributed by atoms with Crippen LogP contribution in [0.3, 0.4) is 0 Å². The zero-order valence-corrected chi connectivity index (χ0v) is 29.8. The minimum atomic E-state index is -3.85. The average Bonchev–Trinajstić information content (AvgIpc) is 3.05. The van der Waals surface area contributed by atoms with E-state index in [9.17, 15) is 18.0 Å². The molecule has 2 unspecified atom stereocenters. The van der Waals surface area contributed by atoms with Crippen molar-refractivity contribution in [1.82, 2.24) is 10.2 Å². The number of anilines is 1. The Bertz CT molecular complexity index is 1680. The van der Waals surface area contributed by atoms with Gasteiger partial charge in [-0.1, -0.05) is 79.2 Å². The molecule has 7 rings (SSSR count). The standard InChI is InChI=1S/C39H48ClN3O4S/c1-4-27(2)41-38(45)36(21-28-10-6-5-7-11-28)42(25-32-12-8-9-13-35(32)40)37(44)26-43(48(3,46)47)34-16-14-33(15-17-34)39-22-29-18-30(23-39)20-31(19-29)24-39/h5-17,27,29-31,36H,4,18-26H2,1-3H3,(H,41,45). The summed E-state index contributed by atoms with van der Waals surface area (Å²) in [5.74, 6) is 1.62. The van der Waals surface area contributed by atoms with Crippen molar-refractivity contribution in [3.63, 3.8) is 0 Å². The topological polar surface area (TPSA) is 86.8 Å². The smallest absolute Gasteiger partial charge is 0.244 e. The summed E-state index contributed by atoms with van der Waals surface area (Å²) in [4.78, 5) is 29.9. The fourth-order valence-corrected chi connectivity index (χ4v) is 9.91. The number of sulfonamides is 1. The molecule has 48 heavy (non-hydrogen) atoms. The third-order valence-electron chi connectivity index (χ3n) is 11.1. The van der Waals surface area contributed by atoms with E-state index in [0.717, 1.165) is 36.0 Å². The van der Waals surface area contributed by atoms with Gasteiger partial charge in [-0.05, 0) is 110 Å². The van der Waals surface area contributed by atoms with Gasteiger partial charge in [0, 0.05) is 24.0 Å². The molecule has 7 nitrogen and oxygen atoms in total. The molecule has 4 aliphatic rings. The van der Waals surface area contributed by atoms with Crippen LogP contribution in [0.4, 0.5) is 5.69 Å². The largest absolute Gasteiger partial charge is 0.352 e. The molecule has 0 aromatic heterocycles. The predicted molar refractivity (Wildman–Crippen MR) is 192 cm³/mol. The van der Waals surface area contributed by atoms with Crippen molar-refractivity contribution >= 4 is 39.1 Å². The van der Waals surface area contributed by atoms with Crippen molar-refractivity contribution in [2.75, 3.05) is 17.1 Å². The van der Waals surface area contributed by atoms with Crippen molar-refractivity contribution in [2.45, 2.75) is 89.3 Å². The number of nitrogens with zero attached hydrogens (tertiary/aromatic N) is 2. The molecular weight excluding hydrogens is 642 g/mol. The number of carbonyl (C=O) groups is 2. The third kappa shape index (κ3) is 7.60. The van der Waals surface area contributed by atoms with Crippen molar-refractivity contribution in [1.29, 1.82) is 0 Å². The first kappa shape index (κ1) is 34.5. The van der Waals surface area contributed by atoms with Gasteiger partial charge >= 0.3 is 0 Å². The lowest BCUT2D eigenvalue weighted by molar-refractivity contribution is -0.140. The number of rotatable bonds is 13. The lowest BCUT2D eigenvalue weighted by Gasteiger charge is -2.57. The van der Waals surface area contributed by atoms with E-state index >= 15 is 0 Å². The average molecular weight is 690 g/mol. The monoisotopic (exact) mass is 689 g/mol. The summed E-state index contributed by atoms with van der Waals surface area (Å²) in [5, 5.41) is 3.53. The second-order valence-electron chi connectivity index (χ2n) is 14.7. The first-order valence-electron chi connectivity index (χ1n) is 17.4. The minimum Gasteiger partial charge on any atom is -0.352 e. The number of benzene rings is 3. The van der Waals surface area contributed by atoms with Gasteiger partial charge in [0.15, 0.2) is 0 Å². The highest BCUT2D eigenvalue weighted by Gasteiger charge is 2.51. The van der Waals surface area contributed by atoms with Crippen LogP contribution in [-0.2, 0) is 38.0 Å². The Morgan fingerprint density at radius 2 is 1.48 bits per heavy atom. The normalized spacial score (nSPS) is 24.1. The molecule has 4 aliphatic carbocycles.